The minimum absolute atomic E-state index is 0.211. The Kier molecular flexibility index (Phi) is 4.79. The average Bonchev–Trinajstić information content (AvgIpc) is 2.92. The van der Waals surface area contributed by atoms with Crippen LogP contribution >= 0.6 is 0 Å². The van der Waals surface area contributed by atoms with Crippen molar-refractivity contribution in [1.29, 1.82) is 5.26 Å². The molecule has 1 N–H and O–H groups in total. The normalized spacial score (nSPS) is 16.2. The highest BCUT2D eigenvalue weighted by Gasteiger charge is 2.19. The first-order valence-corrected chi connectivity index (χ1v) is 8.51. The van der Waals surface area contributed by atoms with E-state index in [1.54, 1.807) is 19.1 Å². The molecule has 0 amide bonds. The maximum Gasteiger partial charge on any atom is 0.240 e. The van der Waals surface area contributed by atoms with Crippen LogP contribution in [0.4, 0.5) is 0 Å². The van der Waals surface area contributed by atoms with Crippen LogP contribution in [0.1, 0.15) is 43.2 Å². The zero-order chi connectivity index (χ0) is 14.6. The molecule has 20 heavy (non-hydrogen) atoms. The van der Waals surface area contributed by atoms with Crippen LogP contribution in [0.2, 0.25) is 0 Å². The summed E-state index contributed by atoms with van der Waals surface area (Å²) in [5.41, 5.74) is 1.03. The first kappa shape index (κ1) is 15.0. The Balaban J connectivity index is 2.04. The second kappa shape index (κ2) is 6.38. The van der Waals surface area contributed by atoms with Gasteiger partial charge in [-0.2, -0.15) is 5.26 Å². The minimum atomic E-state index is -3.52. The zero-order valence-corrected chi connectivity index (χ0v) is 12.5. The molecule has 4 nitrogen and oxygen atoms in total. The molecule has 2 rings (SSSR count). The first-order valence-electron chi connectivity index (χ1n) is 7.03. The van der Waals surface area contributed by atoms with Crippen molar-refractivity contribution in [2.45, 2.75) is 43.9 Å². The number of sulfonamides is 1. The van der Waals surface area contributed by atoms with E-state index in [9.17, 15) is 8.42 Å². The number of hydrogen-bond donors (Lipinski definition) is 1. The number of hydrogen-bond acceptors (Lipinski definition) is 3. The third-order valence-electron chi connectivity index (χ3n) is 3.93. The molecule has 1 aliphatic rings. The van der Waals surface area contributed by atoms with Crippen molar-refractivity contribution in [2.75, 3.05) is 6.54 Å². The van der Waals surface area contributed by atoms with Crippen LogP contribution in [0.3, 0.4) is 0 Å². The average molecular weight is 292 g/mol. The summed E-state index contributed by atoms with van der Waals surface area (Å²) in [6.07, 6.45) is 5.85. The topological polar surface area (TPSA) is 70.0 Å². The Morgan fingerprint density at radius 2 is 2.05 bits per heavy atom. The quantitative estimate of drug-likeness (QED) is 0.907. The molecule has 0 aliphatic heterocycles. The van der Waals surface area contributed by atoms with Gasteiger partial charge < -0.3 is 0 Å². The van der Waals surface area contributed by atoms with Crippen LogP contribution in [0.25, 0.3) is 0 Å². The van der Waals surface area contributed by atoms with Gasteiger partial charge >= 0.3 is 0 Å². The highest BCUT2D eigenvalue weighted by molar-refractivity contribution is 7.89. The summed E-state index contributed by atoms with van der Waals surface area (Å²) >= 11 is 0. The van der Waals surface area contributed by atoms with Gasteiger partial charge in [0.05, 0.1) is 16.5 Å². The van der Waals surface area contributed by atoms with Crippen molar-refractivity contribution >= 4 is 10.0 Å². The fourth-order valence-electron chi connectivity index (χ4n) is 2.73. The predicted molar refractivity (Wildman–Crippen MR) is 77.7 cm³/mol. The van der Waals surface area contributed by atoms with Crippen LogP contribution in [0, 0.1) is 24.2 Å². The molecule has 1 aromatic rings. The summed E-state index contributed by atoms with van der Waals surface area (Å²) in [4.78, 5) is 0.211. The molecule has 0 bridgehead atoms. The van der Waals surface area contributed by atoms with Crippen molar-refractivity contribution in [3.05, 3.63) is 29.3 Å². The van der Waals surface area contributed by atoms with E-state index >= 15 is 0 Å². The molecular formula is C15H20N2O2S. The van der Waals surface area contributed by atoms with Gasteiger partial charge in [-0.25, -0.2) is 13.1 Å². The molecule has 0 saturated heterocycles. The van der Waals surface area contributed by atoms with E-state index in [-0.39, 0.29) is 4.90 Å². The summed E-state index contributed by atoms with van der Waals surface area (Å²) in [7, 11) is -3.52. The summed E-state index contributed by atoms with van der Waals surface area (Å²) in [5.74, 6) is 0.657. The molecule has 1 saturated carbocycles. The van der Waals surface area contributed by atoms with Gasteiger partial charge in [-0.05, 0) is 37.0 Å². The van der Waals surface area contributed by atoms with Crippen molar-refractivity contribution in [2.24, 2.45) is 5.92 Å². The fourth-order valence-corrected chi connectivity index (χ4v) is 4.05. The lowest BCUT2D eigenvalue weighted by Crippen LogP contribution is -2.26. The van der Waals surface area contributed by atoms with Gasteiger partial charge in [0.15, 0.2) is 0 Å². The van der Waals surface area contributed by atoms with E-state index in [1.165, 1.54) is 31.7 Å². The van der Waals surface area contributed by atoms with E-state index in [2.05, 4.69) is 4.72 Å². The third kappa shape index (κ3) is 3.59. The van der Waals surface area contributed by atoms with Gasteiger partial charge in [-0.15, -0.1) is 0 Å². The van der Waals surface area contributed by atoms with Crippen LogP contribution in [0.5, 0.6) is 0 Å². The standard InChI is InChI=1S/C15H20N2O2S/c1-12-6-7-14(11-16)10-15(12)20(18,19)17-9-8-13-4-2-3-5-13/h6-7,10,13,17H,2-5,8-9H2,1H3. The zero-order valence-electron chi connectivity index (χ0n) is 11.7. The fraction of sp³-hybridized carbons (Fsp3) is 0.533. The number of nitriles is 1. The molecule has 1 fully saturated rings. The number of rotatable bonds is 5. The molecule has 0 atom stereocenters. The number of benzene rings is 1. The molecule has 0 spiro atoms. The van der Waals surface area contributed by atoms with Gasteiger partial charge in [0.1, 0.15) is 0 Å². The Morgan fingerprint density at radius 3 is 2.70 bits per heavy atom. The van der Waals surface area contributed by atoms with Gasteiger partial charge in [0.25, 0.3) is 0 Å². The largest absolute Gasteiger partial charge is 0.240 e. The molecule has 0 aromatic heterocycles. The molecule has 0 heterocycles. The molecule has 5 heteroatoms. The van der Waals surface area contributed by atoms with Gasteiger partial charge in [-0.3, -0.25) is 0 Å². The van der Waals surface area contributed by atoms with Gasteiger partial charge in [0, 0.05) is 6.54 Å². The summed E-state index contributed by atoms with van der Waals surface area (Å²) in [6, 6.07) is 6.72. The third-order valence-corrected chi connectivity index (χ3v) is 5.53. The summed E-state index contributed by atoms with van der Waals surface area (Å²) in [5, 5.41) is 8.87. The maximum absolute atomic E-state index is 12.3. The van der Waals surface area contributed by atoms with E-state index in [1.807, 2.05) is 6.07 Å². The molecule has 0 unspecified atom stereocenters. The van der Waals surface area contributed by atoms with Crippen molar-refractivity contribution < 1.29 is 8.42 Å². The lowest BCUT2D eigenvalue weighted by atomic mass is 10.1. The molecule has 108 valence electrons. The predicted octanol–water partition coefficient (Wildman–Crippen LogP) is 2.73. The van der Waals surface area contributed by atoms with Crippen LogP contribution < -0.4 is 4.72 Å². The number of aryl methyl sites for hydroxylation is 1. The summed E-state index contributed by atoms with van der Waals surface area (Å²) < 4.78 is 27.2. The van der Waals surface area contributed by atoms with Gasteiger partial charge in [-0.1, -0.05) is 31.7 Å². The first-order chi connectivity index (χ1) is 9.53. The Hall–Kier alpha value is -1.38. The van der Waals surface area contributed by atoms with Crippen LogP contribution in [0.15, 0.2) is 23.1 Å². The minimum Gasteiger partial charge on any atom is -0.211 e. The maximum atomic E-state index is 12.3. The second-order valence-corrected chi connectivity index (χ2v) is 7.16. The van der Waals surface area contributed by atoms with Crippen LogP contribution in [-0.4, -0.2) is 15.0 Å². The van der Waals surface area contributed by atoms with Crippen LogP contribution in [-0.2, 0) is 10.0 Å². The smallest absolute Gasteiger partial charge is 0.211 e. The molecule has 0 radical (unpaired) electrons. The SMILES string of the molecule is Cc1ccc(C#N)cc1S(=O)(=O)NCCC1CCCC1. The Labute approximate surface area is 120 Å². The molecular weight excluding hydrogens is 272 g/mol. The van der Waals surface area contributed by atoms with Crippen molar-refractivity contribution in [1.82, 2.24) is 4.72 Å². The van der Waals surface area contributed by atoms with E-state index in [4.69, 9.17) is 5.26 Å². The molecule has 1 aliphatic carbocycles. The lowest BCUT2D eigenvalue weighted by Gasteiger charge is -2.12. The van der Waals surface area contributed by atoms with E-state index in [0.717, 1.165) is 6.42 Å². The molecule has 1 aromatic carbocycles. The summed E-state index contributed by atoms with van der Waals surface area (Å²) in [6.45, 7) is 2.22. The van der Waals surface area contributed by atoms with Crippen molar-refractivity contribution in [3.8, 4) is 6.07 Å². The second-order valence-electron chi connectivity index (χ2n) is 5.43. The van der Waals surface area contributed by atoms with Gasteiger partial charge in [0.2, 0.25) is 10.0 Å². The monoisotopic (exact) mass is 292 g/mol. The Bertz CT molecular complexity index is 611. The number of nitrogens with one attached hydrogen (secondary N) is 1. The highest BCUT2D eigenvalue weighted by atomic mass is 32.2. The highest BCUT2D eigenvalue weighted by Crippen LogP contribution is 2.27. The van der Waals surface area contributed by atoms with Crippen molar-refractivity contribution in [3.63, 3.8) is 0 Å². The Morgan fingerprint density at radius 1 is 1.35 bits per heavy atom. The lowest BCUT2D eigenvalue weighted by molar-refractivity contribution is 0.495. The van der Waals surface area contributed by atoms with E-state index < -0.39 is 10.0 Å². The van der Waals surface area contributed by atoms with E-state index in [0.29, 0.717) is 23.6 Å². The number of nitrogens with zero attached hydrogens (tertiary/aromatic N) is 1.